The van der Waals surface area contributed by atoms with Gasteiger partial charge in [-0.2, -0.15) is 0 Å². The van der Waals surface area contributed by atoms with Gasteiger partial charge in [-0.3, -0.25) is 9.78 Å². The topological polar surface area (TPSA) is 83.6 Å². The summed E-state index contributed by atoms with van der Waals surface area (Å²) in [5, 5.41) is 5.95. The maximum absolute atomic E-state index is 12.7. The lowest BCUT2D eigenvalue weighted by Gasteiger charge is -2.39. The molecular formula is C22H25BrN4O3. The van der Waals surface area contributed by atoms with Crippen LogP contribution in [0.1, 0.15) is 36.8 Å². The van der Waals surface area contributed by atoms with Crippen molar-refractivity contribution in [2.75, 3.05) is 17.7 Å². The number of halogens is 1. The zero-order valence-electron chi connectivity index (χ0n) is 17.1. The Hall–Kier alpha value is -2.61. The molecule has 0 bridgehead atoms. The number of urea groups is 1. The van der Waals surface area contributed by atoms with Crippen molar-refractivity contribution < 1.29 is 14.3 Å². The van der Waals surface area contributed by atoms with E-state index < -0.39 is 0 Å². The van der Waals surface area contributed by atoms with Crippen molar-refractivity contribution in [3.8, 4) is 5.75 Å². The van der Waals surface area contributed by atoms with E-state index in [0.29, 0.717) is 6.54 Å². The molecule has 4 rings (SSSR count). The molecule has 2 aromatic rings. The second-order valence-electron chi connectivity index (χ2n) is 7.88. The minimum absolute atomic E-state index is 0.0293. The van der Waals surface area contributed by atoms with Gasteiger partial charge in [-0.25, -0.2) is 4.79 Å². The van der Waals surface area contributed by atoms with E-state index in [1.54, 1.807) is 19.5 Å². The number of aromatic nitrogens is 1. The number of ether oxygens (including phenoxy) is 1. The lowest BCUT2D eigenvalue weighted by Crippen LogP contribution is -2.47. The zero-order chi connectivity index (χ0) is 21.3. The van der Waals surface area contributed by atoms with Crippen LogP contribution < -0.4 is 15.4 Å². The predicted molar refractivity (Wildman–Crippen MR) is 119 cm³/mol. The number of hydrogen-bond acceptors (Lipinski definition) is 4. The van der Waals surface area contributed by atoms with E-state index in [2.05, 4.69) is 31.5 Å². The molecule has 7 nitrogen and oxygen atoms in total. The molecule has 30 heavy (non-hydrogen) atoms. The Bertz CT molecular complexity index is 973. The van der Waals surface area contributed by atoms with E-state index in [1.165, 1.54) is 0 Å². The number of pyridine rings is 1. The zero-order valence-corrected chi connectivity index (χ0v) is 18.7. The second kappa shape index (κ2) is 8.63. The molecule has 1 aromatic heterocycles. The quantitative estimate of drug-likeness (QED) is 0.674. The number of benzene rings is 1. The number of nitrogens with one attached hydrogen (secondary N) is 2. The molecule has 2 aliphatic rings. The minimum atomic E-state index is -0.0953. The van der Waals surface area contributed by atoms with Crippen molar-refractivity contribution >= 4 is 39.2 Å². The van der Waals surface area contributed by atoms with Crippen molar-refractivity contribution in [1.82, 2.24) is 9.88 Å². The van der Waals surface area contributed by atoms with Crippen LogP contribution in [0.4, 0.5) is 16.2 Å². The van der Waals surface area contributed by atoms with E-state index in [4.69, 9.17) is 4.74 Å². The molecule has 0 atom stereocenters. The standard InChI is InChI=1S/C22H25BrN4O3/c1-13-3-6-15(9-20(13)30-2)25-21(28)14-4-7-16(8-5-14)27-12-17-18(23)10-24-11-19(17)26-22(27)29/h3,6,9-11,14,16H,4-5,7-8,12H2,1-2H3,(H,25,28)(H,26,29). The molecule has 0 spiro atoms. The second-order valence-corrected chi connectivity index (χ2v) is 8.74. The van der Waals surface area contributed by atoms with Gasteiger partial charge in [0.1, 0.15) is 5.75 Å². The van der Waals surface area contributed by atoms with Gasteiger partial charge >= 0.3 is 6.03 Å². The van der Waals surface area contributed by atoms with Gasteiger partial charge in [-0.1, -0.05) is 6.07 Å². The van der Waals surface area contributed by atoms with Gasteiger partial charge < -0.3 is 20.3 Å². The van der Waals surface area contributed by atoms with Crippen LogP contribution in [0.3, 0.4) is 0 Å². The fraction of sp³-hybridized carbons (Fsp3) is 0.409. The molecule has 2 heterocycles. The smallest absolute Gasteiger partial charge is 0.322 e. The summed E-state index contributed by atoms with van der Waals surface area (Å²) in [7, 11) is 1.62. The maximum atomic E-state index is 12.7. The Balaban J connectivity index is 1.36. The van der Waals surface area contributed by atoms with E-state index in [9.17, 15) is 9.59 Å². The van der Waals surface area contributed by atoms with Crippen LogP contribution in [0.2, 0.25) is 0 Å². The van der Waals surface area contributed by atoms with E-state index >= 15 is 0 Å². The molecule has 0 saturated heterocycles. The highest BCUT2D eigenvalue weighted by Gasteiger charge is 2.34. The van der Waals surface area contributed by atoms with Gasteiger partial charge in [0, 0.05) is 39.9 Å². The first kappa shape index (κ1) is 20.7. The van der Waals surface area contributed by atoms with Crippen LogP contribution in [-0.4, -0.2) is 35.0 Å². The molecule has 1 saturated carbocycles. The Morgan fingerprint density at radius 1 is 1.27 bits per heavy atom. The van der Waals surface area contributed by atoms with Gasteiger partial charge in [0.05, 0.1) is 25.5 Å². The average molecular weight is 473 g/mol. The van der Waals surface area contributed by atoms with Gasteiger partial charge in [0.15, 0.2) is 0 Å². The van der Waals surface area contributed by atoms with Crippen molar-refractivity contribution in [2.45, 2.75) is 45.2 Å². The summed E-state index contributed by atoms with van der Waals surface area (Å²) in [4.78, 5) is 31.3. The highest BCUT2D eigenvalue weighted by Crippen LogP contribution is 2.35. The van der Waals surface area contributed by atoms with Gasteiger partial charge in [0.25, 0.3) is 0 Å². The number of amides is 3. The lowest BCUT2D eigenvalue weighted by atomic mass is 9.84. The molecule has 1 aromatic carbocycles. The molecule has 0 radical (unpaired) electrons. The number of carbonyl (C=O) groups excluding carboxylic acids is 2. The summed E-state index contributed by atoms with van der Waals surface area (Å²) in [6.45, 7) is 2.52. The van der Waals surface area contributed by atoms with Crippen LogP contribution in [-0.2, 0) is 11.3 Å². The Kier molecular flexibility index (Phi) is 5.94. The third-order valence-electron chi connectivity index (χ3n) is 6.02. The number of fused-ring (bicyclic) bond motifs is 1. The molecule has 158 valence electrons. The third kappa shape index (κ3) is 4.14. The summed E-state index contributed by atoms with van der Waals surface area (Å²) in [5.41, 5.74) is 3.57. The Labute approximate surface area is 184 Å². The lowest BCUT2D eigenvalue weighted by molar-refractivity contribution is -0.121. The number of carbonyl (C=O) groups is 2. The summed E-state index contributed by atoms with van der Waals surface area (Å²) in [5.74, 6) is 0.737. The Morgan fingerprint density at radius 2 is 2.03 bits per heavy atom. The molecule has 1 aliphatic heterocycles. The SMILES string of the molecule is COc1cc(NC(=O)C2CCC(N3Cc4c(Br)cncc4NC3=O)CC2)ccc1C. The number of rotatable bonds is 4. The van der Waals surface area contributed by atoms with Gasteiger partial charge in [0.2, 0.25) is 5.91 Å². The maximum Gasteiger partial charge on any atom is 0.322 e. The molecule has 3 amide bonds. The van der Waals surface area contributed by atoms with E-state index in [0.717, 1.165) is 58.4 Å². The largest absolute Gasteiger partial charge is 0.496 e. The molecule has 1 aliphatic carbocycles. The normalized spacial score (nSPS) is 20.9. The van der Waals surface area contributed by atoms with Crippen LogP contribution in [0.25, 0.3) is 0 Å². The van der Waals surface area contributed by atoms with Crippen LogP contribution in [0, 0.1) is 12.8 Å². The first-order valence-electron chi connectivity index (χ1n) is 10.1. The van der Waals surface area contributed by atoms with Crippen LogP contribution in [0.5, 0.6) is 5.75 Å². The highest BCUT2D eigenvalue weighted by molar-refractivity contribution is 9.10. The van der Waals surface area contributed by atoms with Crippen LogP contribution >= 0.6 is 15.9 Å². The molecule has 1 fully saturated rings. The summed E-state index contributed by atoms with van der Waals surface area (Å²) in [6.07, 6.45) is 6.55. The predicted octanol–water partition coefficient (Wildman–Crippen LogP) is 4.71. The number of anilines is 2. The monoisotopic (exact) mass is 472 g/mol. The summed E-state index contributed by atoms with van der Waals surface area (Å²) < 4.78 is 6.23. The third-order valence-corrected chi connectivity index (χ3v) is 6.70. The van der Waals surface area contributed by atoms with Gasteiger partial charge in [-0.05, 0) is 60.2 Å². The molecule has 2 N–H and O–H groups in total. The summed E-state index contributed by atoms with van der Waals surface area (Å²) >= 11 is 3.53. The number of nitrogens with zero attached hydrogens (tertiary/aromatic N) is 2. The van der Waals surface area contributed by atoms with Crippen molar-refractivity contribution in [2.24, 2.45) is 5.92 Å². The Morgan fingerprint density at radius 3 is 2.77 bits per heavy atom. The average Bonchev–Trinajstić information content (AvgIpc) is 2.75. The number of methoxy groups -OCH3 is 1. The van der Waals surface area contributed by atoms with Crippen molar-refractivity contribution in [1.29, 1.82) is 0 Å². The first-order chi connectivity index (χ1) is 14.5. The van der Waals surface area contributed by atoms with Crippen molar-refractivity contribution in [3.05, 3.63) is 46.2 Å². The molecule has 8 heteroatoms. The van der Waals surface area contributed by atoms with Crippen molar-refractivity contribution in [3.63, 3.8) is 0 Å². The van der Waals surface area contributed by atoms with E-state index in [1.807, 2.05) is 30.0 Å². The number of hydrogen-bond donors (Lipinski definition) is 2. The fourth-order valence-corrected chi connectivity index (χ4v) is 4.70. The minimum Gasteiger partial charge on any atom is -0.496 e. The van der Waals surface area contributed by atoms with Gasteiger partial charge in [-0.15, -0.1) is 0 Å². The number of aryl methyl sites for hydroxylation is 1. The molecule has 0 unspecified atom stereocenters. The highest BCUT2D eigenvalue weighted by atomic mass is 79.9. The van der Waals surface area contributed by atoms with Crippen LogP contribution in [0.15, 0.2) is 35.1 Å². The van der Waals surface area contributed by atoms with E-state index in [-0.39, 0.29) is 23.9 Å². The first-order valence-corrected chi connectivity index (χ1v) is 10.9. The fourth-order valence-electron chi connectivity index (χ4n) is 4.25. The molecular weight excluding hydrogens is 448 g/mol. The summed E-state index contributed by atoms with van der Waals surface area (Å²) in [6, 6.07) is 5.71.